The van der Waals surface area contributed by atoms with Crippen LogP contribution in [0.3, 0.4) is 0 Å². The van der Waals surface area contributed by atoms with Crippen LogP contribution in [0.5, 0.6) is 5.75 Å². The van der Waals surface area contributed by atoms with Gasteiger partial charge in [-0.1, -0.05) is 45.0 Å². The number of likely N-dealkylation sites (tertiary alicyclic amines) is 1. The Kier molecular flexibility index (Phi) is 6.57. The minimum absolute atomic E-state index is 0.0693. The standard InChI is InChI=1S/C29H31NO5/c1-6-34-23-14-13-19(16-22(23)29(3,4)5)26(31)24-25(21-12-8-7-10-18(21)2)30(28(33)27(24)32)17-20-11-9-15-35-20/h7-16,25,31H,6,17H2,1-5H3/b26-24+. The summed E-state index contributed by atoms with van der Waals surface area (Å²) in [6.07, 6.45) is 1.53. The van der Waals surface area contributed by atoms with Crippen molar-refractivity contribution in [3.05, 3.63) is 94.4 Å². The SMILES string of the molecule is CCOc1ccc(/C(O)=C2\C(=O)C(=O)N(Cc3ccco3)C2c2ccccc2C)cc1C(C)(C)C. The Balaban J connectivity index is 1.90. The third-order valence-corrected chi connectivity index (χ3v) is 6.29. The highest BCUT2D eigenvalue weighted by atomic mass is 16.5. The fraction of sp³-hybridized carbons (Fsp3) is 0.310. The molecule has 0 radical (unpaired) electrons. The number of aliphatic hydroxyl groups is 1. The molecule has 1 aliphatic rings. The highest BCUT2D eigenvalue weighted by Gasteiger charge is 2.46. The monoisotopic (exact) mass is 473 g/mol. The fourth-order valence-electron chi connectivity index (χ4n) is 4.53. The molecule has 2 aromatic carbocycles. The molecule has 1 unspecified atom stereocenters. The van der Waals surface area contributed by atoms with Gasteiger partial charge in [0.25, 0.3) is 11.7 Å². The Morgan fingerprint density at radius 1 is 1.09 bits per heavy atom. The second-order valence-corrected chi connectivity index (χ2v) is 9.76. The van der Waals surface area contributed by atoms with Gasteiger partial charge in [0.1, 0.15) is 17.3 Å². The molecule has 0 saturated carbocycles. The van der Waals surface area contributed by atoms with Gasteiger partial charge in [-0.3, -0.25) is 9.59 Å². The van der Waals surface area contributed by atoms with Gasteiger partial charge in [-0.15, -0.1) is 0 Å². The predicted molar refractivity (Wildman–Crippen MR) is 134 cm³/mol. The lowest BCUT2D eigenvalue weighted by molar-refractivity contribution is -0.140. The van der Waals surface area contributed by atoms with Crippen molar-refractivity contribution in [2.24, 2.45) is 0 Å². The average molecular weight is 474 g/mol. The number of furan rings is 1. The highest BCUT2D eigenvalue weighted by Crippen LogP contribution is 2.42. The van der Waals surface area contributed by atoms with Crippen molar-refractivity contribution >= 4 is 17.4 Å². The van der Waals surface area contributed by atoms with E-state index in [1.807, 2.05) is 44.2 Å². The van der Waals surface area contributed by atoms with Crippen molar-refractivity contribution in [2.75, 3.05) is 6.61 Å². The lowest BCUT2D eigenvalue weighted by Gasteiger charge is -2.26. The van der Waals surface area contributed by atoms with E-state index >= 15 is 0 Å². The fourth-order valence-corrected chi connectivity index (χ4v) is 4.53. The number of amides is 1. The van der Waals surface area contributed by atoms with E-state index in [0.29, 0.717) is 17.9 Å². The second kappa shape index (κ2) is 9.45. The first-order valence-electron chi connectivity index (χ1n) is 11.8. The normalized spacial score (nSPS) is 17.7. The van der Waals surface area contributed by atoms with E-state index in [1.54, 1.807) is 24.3 Å². The highest BCUT2D eigenvalue weighted by molar-refractivity contribution is 6.46. The van der Waals surface area contributed by atoms with Crippen molar-refractivity contribution in [2.45, 2.75) is 52.6 Å². The second-order valence-electron chi connectivity index (χ2n) is 9.76. The van der Waals surface area contributed by atoms with Crippen LogP contribution in [0.25, 0.3) is 5.76 Å². The van der Waals surface area contributed by atoms with Crippen LogP contribution in [0.2, 0.25) is 0 Å². The molecule has 4 rings (SSSR count). The van der Waals surface area contributed by atoms with Crippen molar-refractivity contribution in [3.8, 4) is 5.75 Å². The lowest BCUT2D eigenvalue weighted by atomic mass is 9.84. The van der Waals surface area contributed by atoms with Crippen LogP contribution in [0.4, 0.5) is 0 Å². The Labute approximate surface area is 205 Å². The average Bonchev–Trinajstić information content (AvgIpc) is 3.41. The van der Waals surface area contributed by atoms with E-state index in [2.05, 4.69) is 20.8 Å². The maximum Gasteiger partial charge on any atom is 0.296 e. The Hall–Kier alpha value is -3.80. The van der Waals surface area contributed by atoms with Crippen LogP contribution in [0, 0.1) is 6.92 Å². The van der Waals surface area contributed by atoms with E-state index in [1.165, 1.54) is 11.2 Å². The van der Waals surface area contributed by atoms with E-state index in [-0.39, 0.29) is 23.3 Å². The molecular formula is C29H31NO5. The molecule has 1 atom stereocenters. The lowest BCUT2D eigenvalue weighted by Crippen LogP contribution is -2.29. The zero-order valence-corrected chi connectivity index (χ0v) is 20.8. The van der Waals surface area contributed by atoms with E-state index in [4.69, 9.17) is 9.15 Å². The van der Waals surface area contributed by atoms with Gasteiger partial charge < -0.3 is 19.2 Å². The minimum Gasteiger partial charge on any atom is -0.507 e. The number of nitrogens with zero attached hydrogens (tertiary/aromatic N) is 1. The molecule has 182 valence electrons. The zero-order chi connectivity index (χ0) is 25.3. The number of aryl methyl sites for hydroxylation is 1. The summed E-state index contributed by atoms with van der Waals surface area (Å²) in [5.41, 5.74) is 2.87. The van der Waals surface area contributed by atoms with Gasteiger partial charge in [-0.2, -0.15) is 0 Å². The van der Waals surface area contributed by atoms with Crippen molar-refractivity contribution in [1.29, 1.82) is 0 Å². The molecule has 1 aliphatic heterocycles. The number of benzene rings is 2. The molecule has 1 amide bonds. The van der Waals surface area contributed by atoms with Crippen molar-refractivity contribution in [3.63, 3.8) is 0 Å². The molecular weight excluding hydrogens is 442 g/mol. The van der Waals surface area contributed by atoms with Crippen LogP contribution >= 0.6 is 0 Å². The quantitative estimate of drug-likeness (QED) is 0.274. The first-order chi connectivity index (χ1) is 16.6. The number of rotatable bonds is 6. The minimum atomic E-state index is -0.744. The zero-order valence-electron chi connectivity index (χ0n) is 20.8. The van der Waals surface area contributed by atoms with E-state index in [0.717, 1.165) is 22.4 Å². The Bertz CT molecular complexity index is 1280. The number of hydrogen-bond donors (Lipinski definition) is 1. The summed E-state index contributed by atoms with van der Waals surface area (Å²) in [5.74, 6) is -0.300. The number of ketones is 1. The smallest absolute Gasteiger partial charge is 0.296 e. The largest absolute Gasteiger partial charge is 0.507 e. The van der Waals surface area contributed by atoms with Crippen LogP contribution in [0.1, 0.15) is 61.8 Å². The molecule has 2 heterocycles. The van der Waals surface area contributed by atoms with Crippen LogP contribution in [-0.4, -0.2) is 28.3 Å². The topological polar surface area (TPSA) is 80.0 Å². The van der Waals surface area contributed by atoms with Crippen LogP contribution in [-0.2, 0) is 21.5 Å². The molecule has 6 nitrogen and oxygen atoms in total. The first kappa shape index (κ1) is 24.3. The van der Waals surface area contributed by atoms with Gasteiger partial charge in [0.05, 0.1) is 31.0 Å². The molecule has 35 heavy (non-hydrogen) atoms. The summed E-state index contributed by atoms with van der Waals surface area (Å²) in [6, 6.07) is 15.7. The van der Waals surface area contributed by atoms with Gasteiger partial charge in [0.2, 0.25) is 0 Å². The molecule has 0 aliphatic carbocycles. The van der Waals surface area contributed by atoms with Gasteiger partial charge in [-0.25, -0.2) is 0 Å². The van der Waals surface area contributed by atoms with E-state index < -0.39 is 17.7 Å². The molecule has 0 bridgehead atoms. The molecule has 3 aromatic rings. The van der Waals surface area contributed by atoms with E-state index in [9.17, 15) is 14.7 Å². The number of Topliss-reactive ketones (excluding diaryl/α,β-unsaturated/α-hetero) is 1. The Morgan fingerprint density at radius 2 is 1.83 bits per heavy atom. The number of ether oxygens (including phenoxy) is 1. The van der Waals surface area contributed by atoms with Crippen molar-refractivity contribution in [1.82, 2.24) is 4.90 Å². The summed E-state index contributed by atoms with van der Waals surface area (Å²) in [4.78, 5) is 28.0. The number of aliphatic hydroxyl groups excluding tert-OH is 1. The predicted octanol–water partition coefficient (Wildman–Crippen LogP) is 5.91. The summed E-state index contributed by atoms with van der Waals surface area (Å²) in [7, 11) is 0. The third kappa shape index (κ3) is 4.61. The van der Waals surface area contributed by atoms with Gasteiger partial charge in [0, 0.05) is 11.1 Å². The van der Waals surface area contributed by atoms with Gasteiger partial charge in [-0.05, 0) is 60.7 Å². The van der Waals surface area contributed by atoms with Crippen LogP contribution in [0.15, 0.2) is 70.9 Å². The molecule has 1 aromatic heterocycles. The number of hydrogen-bond acceptors (Lipinski definition) is 5. The molecule has 1 saturated heterocycles. The maximum atomic E-state index is 13.3. The Morgan fingerprint density at radius 3 is 2.46 bits per heavy atom. The molecule has 6 heteroatoms. The number of carbonyl (C=O) groups is 2. The first-order valence-corrected chi connectivity index (χ1v) is 11.8. The van der Waals surface area contributed by atoms with Gasteiger partial charge in [0.15, 0.2) is 0 Å². The third-order valence-electron chi connectivity index (χ3n) is 6.29. The number of carbonyl (C=O) groups excluding carboxylic acids is 2. The summed E-state index contributed by atoms with van der Waals surface area (Å²) in [6.45, 7) is 10.7. The summed E-state index contributed by atoms with van der Waals surface area (Å²) in [5, 5.41) is 11.5. The molecule has 1 N–H and O–H groups in total. The maximum absolute atomic E-state index is 13.3. The van der Waals surface area contributed by atoms with Crippen LogP contribution < -0.4 is 4.74 Å². The molecule has 1 fully saturated rings. The van der Waals surface area contributed by atoms with Crippen molar-refractivity contribution < 1.29 is 23.8 Å². The van der Waals surface area contributed by atoms with Gasteiger partial charge >= 0.3 is 0 Å². The molecule has 0 spiro atoms. The summed E-state index contributed by atoms with van der Waals surface area (Å²) >= 11 is 0. The summed E-state index contributed by atoms with van der Waals surface area (Å²) < 4.78 is 11.3.